The molecule has 0 aliphatic carbocycles. The lowest BCUT2D eigenvalue weighted by atomic mass is 10.1. The van der Waals surface area contributed by atoms with Crippen molar-refractivity contribution in [1.82, 2.24) is 4.98 Å². The van der Waals surface area contributed by atoms with E-state index in [1.807, 2.05) is 19.1 Å². The second kappa shape index (κ2) is 6.16. The molecule has 1 aromatic rings. The van der Waals surface area contributed by atoms with E-state index in [2.05, 4.69) is 9.88 Å². The second-order valence-electron chi connectivity index (χ2n) is 5.08. The van der Waals surface area contributed by atoms with Gasteiger partial charge < -0.3 is 15.7 Å². The maximum atomic E-state index is 9.58. The molecule has 1 saturated heterocycles. The van der Waals surface area contributed by atoms with Crippen LogP contribution in [0.1, 0.15) is 44.2 Å². The van der Waals surface area contributed by atoms with E-state index in [0.29, 0.717) is 0 Å². The van der Waals surface area contributed by atoms with Crippen LogP contribution in [0.5, 0.6) is 0 Å². The summed E-state index contributed by atoms with van der Waals surface area (Å²) in [6.07, 6.45) is 6.41. The molecular weight excluding hydrogens is 226 g/mol. The first-order chi connectivity index (χ1) is 8.74. The highest BCUT2D eigenvalue weighted by atomic mass is 16.3. The van der Waals surface area contributed by atoms with Crippen LogP contribution in [0.3, 0.4) is 0 Å². The molecule has 4 nitrogen and oxygen atoms in total. The summed E-state index contributed by atoms with van der Waals surface area (Å²) in [6.45, 7) is 3.13. The molecular formula is C14H23N3O. The average molecular weight is 249 g/mol. The van der Waals surface area contributed by atoms with Gasteiger partial charge in [0, 0.05) is 24.3 Å². The molecule has 1 fully saturated rings. The van der Waals surface area contributed by atoms with Crippen LogP contribution in [0.25, 0.3) is 0 Å². The van der Waals surface area contributed by atoms with Crippen molar-refractivity contribution in [3.05, 3.63) is 23.9 Å². The first-order valence-electron chi connectivity index (χ1n) is 6.82. The van der Waals surface area contributed by atoms with E-state index in [9.17, 15) is 5.11 Å². The predicted octanol–water partition coefficient (Wildman–Crippen LogP) is 1.84. The number of nitrogens with zero attached hydrogens (tertiary/aromatic N) is 2. The number of pyridine rings is 1. The fourth-order valence-electron chi connectivity index (χ4n) is 2.65. The van der Waals surface area contributed by atoms with Crippen molar-refractivity contribution in [2.75, 3.05) is 18.1 Å². The summed E-state index contributed by atoms with van der Waals surface area (Å²) >= 11 is 0. The summed E-state index contributed by atoms with van der Waals surface area (Å²) in [7, 11) is 0. The zero-order chi connectivity index (χ0) is 13.0. The zero-order valence-electron chi connectivity index (χ0n) is 11.0. The van der Waals surface area contributed by atoms with Gasteiger partial charge in [-0.1, -0.05) is 18.9 Å². The normalized spacial score (nSPS) is 22.6. The number of nitrogens with two attached hydrogens (primary N) is 1. The van der Waals surface area contributed by atoms with Gasteiger partial charge in [-0.25, -0.2) is 4.98 Å². The minimum atomic E-state index is -0.0312. The summed E-state index contributed by atoms with van der Waals surface area (Å²) in [5.41, 5.74) is 7.09. The van der Waals surface area contributed by atoms with Crippen molar-refractivity contribution in [2.24, 2.45) is 5.73 Å². The number of aliphatic hydroxyl groups excluding tert-OH is 1. The number of aliphatic hydroxyl groups is 1. The molecule has 100 valence electrons. The quantitative estimate of drug-likeness (QED) is 0.858. The molecule has 0 aromatic carbocycles. The predicted molar refractivity (Wildman–Crippen MR) is 73.5 cm³/mol. The number of rotatable bonds is 3. The molecule has 18 heavy (non-hydrogen) atoms. The Bertz CT molecular complexity index is 381. The van der Waals surface area contributed by atoms with Gasteiger partial charge in [-0.05, 0) is 25.8 Å². The molecule has 0 spiro atoms. The first-order valence-corrected chi connectivity index (χ1v) is 6.82. The fraction of sp³-hybridized carbons (Fsp3) is 0.643. The third kappa shape index (κ3) is 2.82. The van der Waals surface area contributed by atoms with E-state index < -0.39 is 0 Å². The van der Waals surface area contributed by atoms with Gasteiger partial charge in [-0.15, -0.1) is 0 Å². The summed E-state index contributed by atoms with van der Waals surface area (Å²) < 4.78 is 0. The summed E-state index contributed by atoms with van der Waals surface area (Å²) in [4.78, 5) is 6.74. The standard InChI is InChI=1S/C14H23N3O/c1-11(15)13-7-5-8-16-14(13)17-9-4-2-3-6-12(17)10-18/h5,7-8,11-12,18H,2-4,6,9-10,15H2,1H3. The largest absolute Gasteiger partial charge is 0.394 e. The first kappa shape index (κ1) is 13.3. The van der Waals surface area contributed by atoms with Crippen LogP contribution in [0.2, 0.25) is 0 Å². The van der Waals surface area contributed by atoms with Crippen molar-refractivity contribution >= 4 is 5.82 Å². The Hall–Kier alpha value is -1.13. The molecule has 4 heteroatoms. The van der Waals surface area contributed by atoms with Crippen LogP contribution >= 0.6 is 0 Å². The van der Waals surface area contributed by atoms with Gasteiger partial charge in [0.15, 0.2) is 0 Å². The molecule has 1 aromatic heterocycles. The zero-order valence-corrected chi connectivity index (χ0v) is 11.0. The van der Waals surface area contributed by atoms with E-state index in [1.165, 1.54) is 12.8 Å². The van der Waals surface area contributed by atoms with Gasteiger partial charge in [-0.2, -0.15) is 0 Å². The highest BCUT2D eigenvalue weighted by Gasteiger charge is 2.24. The molecule has 2 rings (SSSR count). The van der Waals surface area contributed by atoms with Gasteiger partial charge in [0.2, 0.25) is 0 Å². The van der Waals surface area contributed by atoms with E-state index >= 15 is 0 Å². The highest BCUT2D eigenvalue weighted by molar-refractivity contribution is 5.49. The Balaban J connectivity index is 2.32. The molecule has 2 atom stereocenters. The van der Waals surface area contributed by atoms with Crippen LogP contribution in [0.15, 0.2) is 18.3 Å². The third-order valence-corrected chi connectivity index (χ3v) is 3.67. The number of aromatic nitrogens is 1. The van der Waals surface area contributed by atoms with Gasteiger partial charge >= 0.3 is 0 Å². The molecule has 1 aliphatic rings. The Kier molecular flexibility index (Phi) is 4.55. The van der Waals surface area contributed by atoms with E-state index in [4.69, 9.17) is 5.73 Å². The lowest BCUT2D eigenvalue weighted by molar-refractivity contribution is 0.254. The molecule has 0 saturated carbocycles. The number of anilines is 1. The van der Waals surface area contributed by atoms with Gasteiger partial charge in [0.1, 0.15) is 5.82 Å². The van der Waals surface area contributed by atoms with Crippen molar-refractivity contribution in [3.63, 3.8) is 0 Å². The van der Waals surface area contributed by atoms with Crippen LogP contribution in [0, 0.1) is 0 Å². The van der Waals surface area contributed by atoms with E-state index in [-0.39, 0.29) is 18.7 Å². The number of hydrogen-bond donors (Lipinski definition) is 2. The molecule has 2 heterocycles. The topological polar surface area (TPSA) is 62.4 Å². The molecule has 0 bridgehead atoms. The van der Waals surface area contributed by atoms with Crippen molar-refractivity contribution in [3.8, 4) is 0 Å². The fourth-order valence-corrected chi connectivity index (χ4v) is 2.65. The minimum Gasteiger partial charge on any atom is -0.394 e. The Labute approximate surface area is 109 Å². The summed E-state index contributed by atoms with van der Waals surface area (Å²) in [5, 5.41) is 9.58. The van der Waals surface area contributed by atoms with Crippen LogP contribution in [-0.4, -0.2) is 29.3 Å². The lowest BCUT2D eigenvalue weighted by Crippen LogP contribution is -2.39. The maximum absolute atomic E-state index is 9.58. The SMILES string of the molecule is CC(N)c1cccnc1N1CCCCCC1CO. The lowest BCUT2D eigenvalue weighted by Gasteiger charge is -2.32. The monoisotopic (exact) mass is 249 g/mol. The van der Waals surface area contributed by atoms with Gasteiger partial charge in [-0.3, -0.25) is 0 Å². The molecule has 0 radical (unpaired) electrons. The van der Waals surface area contributed by atoms with Gasteiger partial charge in [0.05, 0.1) is 12.6 Å². The van der Waals surface area contributed by atoms with Gasteiger partial charge in [0.25, 0.3) is 0 Å². The Morgan fingerprint density at radius 1 is 1.50 bits per heavy atom. The van der Waals surface area contributed by atoms with Crippen molar-refractivity contribution in [1.29, 1.82) is 0 Å². The Morgan fingerprint density at radius 3 is 3.06 bits per heavy atom. The van der Waals surface area contributed by atoms with Crippen LogP contribution < -0.4 is 10.6 Å². The third-order valence-electron chi connectivity index (χ3n) is 3.67. The Morgan fingerprint density at radius 2 is 2.33 bits per heavy atom. The highest BCUT2D eigenvalue weighted by Crippen LogP contribution is 2.27. The molecule has 1 aliphatic heterocycles. The average Bonchev–Trinajstić information content (AvgIpc) is 2.63. The second-order valence-corrected chi connectivity index (χ2v) is 5.08. The van der Waals surface area contributed by atoms with Crippen LogP contribution in [0.4, 0.5) is 5.82 Å². The van der Waals surface area contributed by atoms with Crippen molar-refractivity contribution in [2.45, 2.75) is 44.7 Å². The minimum absolute atomic E-state index is 0.0312. The summed E-state index contributed by atoms with van der Waals surface area (Å²) in [5.74, 6) is 0.952. The van der Waals surface area contributed by atoms with E-state index in [1.54, 1.807) is 6.20 Å². The van der Waals surface area contributed by atoms with Crippen LogP contribution in [-0.2, 0) is 0 Å². The smallest absolute Gasteiger partial charge is 0.133 e. The molecule has 0 amide bonds. The molecule has 3 N–H and O–H groups in total. The number of hydrogen-bond acceptors (Lipinski definition) is 4. The summed E-state index contributed by atoms with van der Waals surface area (Å²) in [6, 6.07) is 4.11. The molecule has 2 unspecified atom stereocenters. The van der Waals surface area contributed by atoms with Crippen molar-refractivity contribution < 1.29 is 5.11 Å². The maximum Gasteiger partial charge on any atom is 0.133 e. The van der Waals surface area contributed by atoms with E-state index in [0.717, 1.165) is 30.8 Å².